The molecule has 2 nitrogen and oxygen atoms in total. The Morgan fingerprint density at radius 3 is 1.75 bits per heavy atom. The molecule has 1 aromatic heterocycles. The second-order valence-electron chi connectivity index (χ2n) is 16.2. The van der Waals surface area contributed by atoms with E-state index in [9.17, 15) is 0 Å². The molecule has 0 aliphatic heterocycles. The third-order valence-electron chi connectivity index (χ3n) is 12.5. The fraction of sp³-hybridized carbons (Fsp3) is 0.127. The second-order valence-corrected chi connectivity index (χ2v) is 16.2. The average molecular weight is 735 g/mol. The first-order chi connectivity index (χ1) is 27.9. The van der Waals surface area contributed by atoms with Crippen molar-refractivity contribution in [3.05, 3.63) is 205 Å². The molecular formula is C55H46N2. The van der Waals surface area contributed by atoms with Crippen LogP contribution >= 0.6 is 0 Å². The van der Waals surface area contributed by atoms with Crippen LogP contribution in [0.5, 0.6) is 0 Å². The molecule has 10 rings (SSSR count). The third-order valence-corrected chi connectivity index (χ3v) is 12.5. The maximum atomic E-state index is 2.41. The first kappa shape index (κ1) is 34.8. The first-order valence-electron chi connectivity index (χ1n) is 20.3. The minimum absolute atomic E-state index is 0.0898. The van der Waals surface area contributed by atoms with Crippen LogP contribution in [0.2, 0.25) is 0 Å². The molecule has 0 saturated heterocycles. The van der Waals surface area contributed by atoms with E-state index >= 15 is 0 Å². The zero-order chi connectivity index (χ0) is 38.7. The van der Waals surface area contributed by atoms with E-state index in [1.807, 2.05) is 0 Å². The molecule has 1 unspecified atom stereocenters. The van der Waals surface area contributed by atoms with E-state index in [0.29, 0.717) is 5.92 Å². The van der Waals surface area contributed by atoms with Crippen molar-refractivity contribution in [1.82, 2.24) is 4.57 Å². The number of aromatic nitrogens is 1. The molecule has 0 N–H and O–H groups in total. The molecule has 2 heteroatoms. The van der Waals surface area contributed by atoms with E-state index in [1.165, 1.54) is 77.6 Å². The molecule has 0 spiro atoms. The van der Waals surface area contributed by atoms with Gasteiger partial charge < -0.3 is 9.47 Å². The summed E-state index contributed by atoms with van der Waals surface area (Å²) in [5, 5.41) is 2.53. The highest BCUT2D eigenvalue weighted by molar-refractivity contribution is 6.10. The Balaban J connectivity index is 1.05. The van der Waals surface area contributed by atoms with Crippen LogP contribution in [-0.2, 0) is 5.41 Å². The van der Waals surface area contributed by atoms with Crippen molar-refractivity contribution in [2.75, 3.05) is 4.90 Å². The van der Waals surface area contributed by atoms with Crippen LogP contribution in [0.4, 0.5) is 17.1 Å². The molecule has 8 aromatic carbocycles. The molecule has 1 aliphatic rings. The van der Waals surface area contributed by atoms with Gasteiger partial charge in [-0.1, -0.05) is 149 Å². The standard InChI is InChI=1S/C55H46N2/c1-5-37(2)38-19-26-45(27-20-38)57-53-18-12-10-16-49(53)50-35-42(25-34-54(50)57)41-23-30-44(31-24-41)56(43-28-21-40(22-29-43)39-13-7-6-8-14-39)46-32-33-48-47-15-9-11-17-51(47)55(3,4)52(48)36-46/h6-37H,5H2,1-4H3. The van der Waals surface area contributed by atoms with Crippen molar-refractivity contribution < 1.29 is 0 Å². The lowest BCUT2D eigenvalue weighted by Crippen LogP contribution is -2.16. The van der Waals surface area contributed by atoms with Crippen LogP contribution in [0.1, 0.15) is 56.7 Å². The van der Waals surface area contributed by atoms with Crippen LogP contribution in [-0.4, -0.2) is 4.57 Å². The maximum Gasteiger partial charge on any atom is 0.0541 e. The topological polar surface area (TPSA) is 8.17 Å². The summed E-state index contributed by atoms with van der Waals surface area (Å²) in [4.78, 5) is 2.40. The van der Waals surface area contributed by atoms with E-state index in [4.69, 9.17) is 0 Å². The van der Waals surface area contributed by atoms with E-state index < -0.39 is 0 Å². The summed E-state index contributed by atoms with van der Waals surface area (Å²) in [5.74, 6) is 0.553. The Bertz CT molecular complexity index is 2900. The molecule has 0 radical (unpaired) electrons. The van der Waals surface area contributed by atoms with E-state index in [2.05, 4.69) is 225 Å². The van der Waals surface area contributed by atoms with Gasteiger partial charge in [-0.2, -0.15) is 0 Å². The largest absolute Gasteiger partial charge is 0.310 e. The van der Waals surface area contributed by atoms with Crippen molar-refractivity contribution in [2.45, 2.75) is 45.4 Å². The van der Waals surface area contributed by atoms with Gasteiger partial charge in [-0.3, -0.25) is 0 Å². The molecule has 0 amide bonds. The zero-order valence-corrected chi connectivity index (χ0v) is 33.1. The van der Waals surface area contributed by atoms with Crippen LogP contribution in [0.3, 0.4) is 0 Å². The predicted molar refractivity (Wildman–Crippen MR) is 243 cm³/mol. The number of hydrogen-bond acceptors (Lipinski definition) is 1. The van der Waals surface area contributed by atoms with Crippen molar-refractivity contribution in [1.29, 1.82) is 0 Å². The van der Waals surface area contributed by atoms with E-state index in [1.54, 1.807) is 0 Å². The summed E-state index contributed by atoms with van der Waals surface area (Å²) in [5.41, 5.74) is 18.6. The Morgan fingerprint density at radius 2 is 1.04 bits per heavy atom. The van der Waals surface area contributed by atoms with Crippen LogP contribution in [0, 0.1) is 0 Å². The van der Waals surface area contributed by atoms with Crippen molar-refractivity contribution in [2.24, 2.45) is 0 Å². The molecule has 0 saturated carbocycles. The smallest absolute Gasteiger partial charge is 0.0541 e. The molecule has 57 heavy (non-hydrogen) atoms. The van der Waals surface area contributed by atoms with Gasteiger partial charge in [-0.25, -0.2) is 0 Å². The number of para-hydroxylation sites is 1. The highest BCUT2D eigenvalue weighted by Crippen LogP contribution is 2.50. The van der Waals surface area contributed by atoms with Crippen molar-refractivity contribution in [3.8, 4) is 39.1 Å². The van der Waals surface area contributed by atoms with Gasteiger partial charge in [0.15, 0.2) is 0 Å². The fourth-order valence-corrected chi connectivity index (χ4v) is 9.13. The summed E-state index contributed by atoms with van der Waals surface area (Å²) in [6.07, 6.45) is 1.14. The van der Waals surface area contributed by atoms with Crippen LogP contribution < -0.4 is 4.90 Å². The normalized spacial score (nSPS) is 13.4. The zero-order valence-electron chi connectivity index (χ0n) is 33.1. The van der Waals surface area contributed by atoms with E-state index in [0.717, 1.165) is 23.5 Å². The molecule has 0 bridgehead atoms. The van der Waals surface area contributed by atoms with Gasteiger partial charge in [0.05, 0.1) is 11.0 Å². The number of benzene rings is 8. The number of fused-ring (bicyclic) bond motifs is 6. The molecule has 0 fully saturated rings. The van der Waals surface area contributed by atoms with Crippen molar-refractivity contribution >= 4 is 38.9 Å². The lowest BCUT2D eigenvalue weighted by atomic mass is 9.82. The second kappa shape index (κ2) is 13.8. The monoisotopic (exact) mass is 734 g/mol. The number of hydrogen-bond donors (Lipinski definition) is 0. The maximum absolute atomic E-state index is 2.41. The summed E-state index contributed by atoms with van der Waals surface area (Å²) in [6.45, 7) is 9.27. The predicted octanol–water partition coefficient (Wildman–Crippen LogP) is 15.4. The summed E-state index contributed by atoms with van der Waals surface area (Å²) in [6, 6.07) is 69.5. The quantitative estimate of drug-likeness (QED) is 0.151. The first-order valence-corrected chi connectivity index (χ1v) is 20.3. The molecule has 1 heterocycles. The van der Waals surface area contributed by atoms with Crippen LogP contribution in [0.15, 0.2) is 188 Å². The van der Waals surface area contributed by atoms with Gasteiger partial charge in [-0.05, 0) is 129 Å². The van der Waals surface area contributed by atoms with Gasteiger partial charge >= 0.3 is 0 Å². The SMILES string of the molecule is CCC(C)c1ccc(-n2c3ccccc3c3cc(-c4ccc(N(c5ccc(-c6ccccc6)cc5)c5ccc6c(c5)C(C)(C)c5ccccc5-6)cc4)ccc32)cc1. The van der Waals surface area contributed by atoms with Crippen molar-refractivity contribution in [3.63, 3.8) is 0 Å². The molecular weight excluding hydrogens is 689 g/mol. The third kappa shape index (κ3) is 5.87. The Labute approximate surface area is 336 Å². The Hall–Kier alpha value is -6.64. The number of anilines is 3. The molecule has 9 aromatic rings. The highest BCUT2D eigenvalue weighted by atomic mass is 15.1. The minimum atomic E-state index is -0.0898. The Kier molecular flexibility index (Phi) is 8.45. The van der Waals surface area contributed by atoms with Gasteiger partial charge in [-0.15, -0.1) is 0 Å². The van der Waals surface area contributed by atoms with Gasteiger partial charge in [0.1, 0.15) is 0 Å². The summed E-state index contributed by atoms with van der Waals surface area (Å²) >= 11 is 0. The molecule has 276 valence electrons. The minimum Gasteiger partial charge on any atom is -0.310 e. The number of rotatable bonds is 8. The lowest BCUT2D eigenvalue weighted by Gasteiger charge is -2.28. The average Bonchev–Trinajstić information content (AvgIpc) is 3.72. The van der Waals surface area contributed by atoms with Gasteiger partial charge in [0.2, 0.25) is 0 Å². The number of nitrogens with zero attached hydrogens (tertiary/aromatic N) is 2. The molecule has 1 aliphatic carbocycles. The highest BCUT2D eigenvalue weighted by Gasteiger charge is 2.35. The van der Waals surface area contributed by atoms with Crippen LogP contribution in [0.25, 0.3) is 60.9 Å². The van der Waals surface area contributed by atoms with Gasteiger partial charge in [0, 0.05) is 38.9 Å². The summed E-state index contributed by atoms with van der Waals surface area (Å²) < 4.78 is 2.41. The fourth-order valence-electron chi connectivity index (χ4n) is 9.13. The Morgan fingerprint density at radius 1 is 0.474 bits per heavy atom. The summed E-state index contributed by atoms with van der Waals surface area (Å²) in [7, 11) is 0. The van der Waals surface area contributed by atoms with E-state index in [-0.39, 0.29) is 5.41 Å². The lowest BCUT2D eigenvalue weighted by molar-refractivity contribution is 0.660. The molecule has 1 atom stereocenters. The van der Waals surface area contributed by atoms with Gasteiger partial charge in [0.25, 0.3) is 0 Å².